The van der Waals surface area contributed by atoms with Gasteiger partial charge in [-0.25, -0.2) is 4.98 Å². The minimum absolute atomic E-state index is 0.367. The Hall–Kier alpha value is -1.32. The Morgan fingerprint density at radius 1 is 1.35 bits per heavy atom. The highest BCUT2D eigenvalue weighted by atomic mass is 19.4. The molecule has 94 valence electrons. The van der Waals surface area contributed by atoms with Crippen molar-refractivity contribution in [2.45, 2.75) is 33.4 Å². The Morgan fingerprint density at radius 2 is 1.94 bits per heavy atom. The van der Waals surface area contributed by atoms with Crippen molar-refractivity contribution >= 4 is 5.57 Å². The van der Waals surface area contributed by atoms with Crippen molar-refractivity contribution in [2.75, 3.05) is 0 Å². The van der Waals surface area contributed by atoms with Crippen LogP contribution >= 0.6 is 0 Å². The van der Waals surface area contributed by atoms with E-state index < -0.39 is 11.9 Å². The Kier molecular flexibility index (Phi) is 3.96. The zero-order chi connectivity index (χ0) is 13.2. The molecule has 1 nitrogen and oxygen atoms in total. The monoisotopic (exact) mass is 243 g/mol. The highest BCUT2D eigenvalue weighted by Crippen LogP contribution is 2.30. The van der Waals surface area contributed by atoms with E-state index >= 15 is 0 Å². The molecule has 0 aliphatic carbocycles. The van der Waals surface area contributed by atoms with Crippen molar-refractivity contribution in [2.24, 2.45) is 5.92 Å². The van der Waals surface area contributed by atoms with E-state index in [9.17, 15) is 13.2 Å². The highest BCUT2D eigenvalue weighted by molar-refractivity contribution is 5.61. The maximum atomic E-state index is 12.5. The fourth-order valence-corrected chi connectivity index (χ4v) is 1.62. The molecule has 0 fully saturated rings. The largest absolute Gasteiger partial charge is 0.433 e. The summed E-state index contributed by atoms with van der Waals surface area (Å²) in [5, 5.41) is 0. The summed E-state index contributed by atoms with van der Waals surface area (Å²) in [6, 6.07) is 2.53. The number of aromatic nitrogens is 1. The van der Waals surface area contributed by atoms with Crippen LogP contribution in [0, 0.1) is 5.92 Å². The van der Waals surface area contributed by atoms with E-state index in [1.807, 2.05) is 13.8 Å². The van der Waals surface area contributed by atoms with Gasteiger partial charge >= 0.3 is 6.18 Å². The van der Waals surface area contributed by atoms with Gasteiger partial charge in [0, 0.05) is 0 Å². The van der Waals surface area contributed by atoms with Gasteiger partial charge in [0.1, 0.15) is 5.69 Å². The number of allylic oxidation sites excluding steroid dienone is 1. The SMILES string of the molecule is C=C(C)c1nc(C(F)(F)F)ccc1CC(C)C. The second-order valence-electron chi connectivity index (χ2n) is 4.58. The van der Waals surface area contributed by atoms with Crippen LogP contribution < -0.4 is 0 Å². The molecule has 0 aliphatic heterocycles. The molecule has 0 aromatic carbocycles. The first-order chi connectivity index (χ1) is 7.71. The molecule has 17 heavy (non-hydrogen) atoms. The minimum Gasteiger partial charge on any atom is -0.243 e. The lowest BCUT2D eigenvalue weighted by molar-refractivity contribution is -0.141. The van der Waals surface area contributed by atoms with Crippen molar-refractivity contribution in [1.82, 2.24) is 4.98 Å². The molecule has 1 aromatic heterocycles. The predicted octanol–water partition coefficient (Wildman–Crippen LogP) is 4.33. The van der Waals surface area contributed by atoms with Crippen molar-refractivity contribution in [1.29, 1.82) is 0 Å². The summed E-state index contributed by atoms with van der Waals surface area (Å²) in [5.41, 5.74) is 0.892. The second-order valence-corrected chi connectivity index (χ2v) is 4.58. The first-order valence-corrected chi connectivity index (χ1v) is 5.44. The van der Waals surface area contributed by atoms with Crippen molar-refractivity contribution in [3.05, 3.63) is 35.7 Å². The van der Waals surface area contributed by atoms with Crippen LogP contribution in [-0.4, -0.2) is 4.98 Å². The third-order valence-corrected chi connectivity index (χ3v) is 2.30. The third kappa shape index (κ3) is 3.58. The molecule has 0 saturated heterocycles. The van der Waals surface area contributed by atoms with Gasteiger partial charge < -0.3 is 0 Å². The summed E-state index contributed by atoms with van der Waals surface area (Å²) in [6.45, 7) is 9.39. The first kappa shape index (κ1) is 13.7. The molecule has 0 bridgehead atoms. The van der Waals surface area contributed by atoms with Crippen LogP contribution in [0.1, 0.15) is 37.7 Å². The Bertz CT molecular complexity index is 419. The van der Waals surface area contributed by atoms with Gasteiger partial charge in [-0.2, -0.15) is 13.2 Å². The minimum atomic E-state index is -4.40. The summed E-state index contributed by atoms with van der Waals surface area (Å²) in [4.78, 5) is 3.67. The molecule has 1 rings (SSSR count). The van der Waals surface area contributed by atoms with Gasteiger partial charge in [0.05, 0.1) is 5.69 Å². The molecule has 1 heterocycles. The van der Waals surface area contributed by atoms with E-state index in [2.05, 4.69) is 11.6 Å². The molecule has 4 heteroatoms. The predicted molar refractivity (Wildman–Crippen MR) is 62.5 cm³/mol. The topological polar surface area (TPSA) is 12.9 Å². The van der Waals surface area contributed by atoms with Crippen LogP contribution in [0.3, 0.4) is 0 Å². The van der Waals surface area contributed by atoms with E-state index in [0.29, 0.717) is 23.6 Å². The smallest absolute Gasteiger partial charge is 0.243 e. The average molecular weight is 243 g/mol. The number of rotatable bonds is 3. The lowest BCUT2D eigenvalue weighted by atomic mass is 9.98. The molecule has 0 saturated carbocycles. The fourth-order valence-electron chi connectivity index (χ4n) is 1.62. The number of halogens is 3. The molecule has 0 N–H and O–H groups in total. The highest BCUT2D eigenvalue weighted by Gasteiger charge is 2.33. The van der Waals surface area contributed by atoms with Gasteiger partial charge in [-0.1, -0.05) is 26.5 Å². The fraction of sp³-hybridized carbons (Fsp3) is 0.462. The Balaban J connectivity index is 3.22. The zero-order valence-corrected chi connectivity index (χ0v) is 10.2. The van der Waals surface area contributed by atoms with E-state index in [4.69, 9.17) is 0 Å². The van der Waals surface area contributed by atoms with Gasteiger partial charge in [0.15, 0.2) is 0 Å². The Morgan fingerprint density at radius 3 is 2.35 bits per heavy atom. The van der Waals surface area contributed by atoms with Gasteiger partial charge in [-0.05, 0) is 36.5 Å². The van der Waals surface area contributed by atoms with E-state index in [-0.39, 0.29) is 0 Å². The van der Waals surface area contributed by atoms with Crippen LogP contribution in [0.15, 0.2) is 18.7 Å². The molecule has 0 aliphatic rings. The molecule has 0 atom stereocenters. The normalized spacial score (nSPS) is 11.9. The van der Waals surface area contributed by atoms with Crippen LogP contribution in [-0.2, 0) is 12.6 Å². The quantitative estimate of drug-likeness (QED) is 0.769. The first-order valence-electron chi connectivity index (χ1n) is 5.44. The van der Waals surface area contributed by atoms with Crippen LogP contribution in [0.5, 0.6) is 0 Å². The van der Waals surface area contributed by atoms with Crippen LogP contribution in [0.25, 0.3) is 5.57 Å². The summed E-state index contributed by atoms with van der Waals surface area (Å²) < 4.78 is 37.6. The van der Waals surface area contributed by atoms with Crippen LogP contribution in [0.4, 0.5) is 13.2 Å². The molecule has 0 radical (unpaired) electrons. The number of pyridine rings is 1. The number of hydrogen-bond donors (Lipinski definition) is 0. The maximum Gasteiger partial charge on any atom is 0.433 e. The third-order valence-electron chi connectivity index (χ3n) is 2.30. The van der Waals surface area contributed by atoms with Crippen molar-refractivity contribution in [3.63, 3.8) is 0 Å². The number of hydrogen-bond acceptors (Lipinski definition) is 1. The molecular weight excluding hydrogens is 227 g/mol. The second kappa shape index (κ2) is 4.90. The summed E-state index contributed by atoms with van der Waals surface area (Å²) >= 11 is 0. The van der Waals surface area contributed by atoms with Crippen LogP contribution in [0.2, 0.25) is 0 Å². The number of nitrogens with zero attached hydrogens (tertiary/aromatic N) is 1. The van der Waals surface area contributed by atoms with E-state index in [1.54, 1.807) is 6.92 Å². The molecular formula is C13H16F3N. The standard InChI is InChI=1S/C13H16F3N/c1-8(2)7-10-5-6-11(13(14,15)16)17-12(10)9(3)4/h5-6,8H,3,7H2,1-2,4H3. The summed E-state index contributed by atoms with van der Waals surface area (Å²) in [5.74, 6) is 0.367. The lowest BCUT2D eigenvalue weighted by Gasteiger charge is -2.13. The number of alkyl halides is 3. The molecule has 0 unspecified atom stereocenters. The van der Waals surface area contributed by atoms with Crippen molar-refractivity contribution in [3.8, 4) is 0 Å². The van der Waals surface area contributed by atoms with Gasteiger partial charge in [-0.15, -0.1) is 0 Å². The molecule has 0 spiro atoms. The van der Waals surface area contributed by atoms with Gasteiger partial charge in [0.2, 0.25) is 0 Å². The van der Waals surface area contributed by atoms with Gasteiger partial charge in [0.25, 0.3) is 0 Å². The maximum absolute atomic E-state index is 12.5. The lowest BCUT2D eigenvalue weighted by Crippen LogP contribution is -2.11. The summed E-state index contributed by atoms with van der Waals surface area (Å²) in [6.07, 6.45) is -3.70. The van der Waals surface area contributed by atoms with E-state index in [0.717, 1.165) is 11.6 Å². The zero-order valence-electron chi connectivity index (χ0n) is 10.2. The van der Waals surface area contributed by atoms with E-state index in [1.165, 1.54) is 6.07 Å². The average Bonchev–Trinajstić information content (AvgIpc) is 2.15. The molecule has 1 aromatic rings. The molecule has 0 amide bonds. The van der Waals surface area contributed by atoms with Crippen molar-refractivity contribution < 1.29 is 13.2 Å². The van der Waals surface area contributed by atoms with Gasteiger partial charge in [-0.3, -0.25) is 0 Å². The summed E-state index contributed by atoms with van der Waals surface area (Å²) in [7, 11) is 0. The Labute approximate surface area is 99.4 Å².